The number of nitrogens with one attached hydrogen (secondary N) is 1. The van der Waals surface area contributed by atoms with Gasteiger partial charge in [-0.15, -0.1) is 0 Å². The third kappa shape index (κ3) is 5.70. The standard InChI is InChI=1S/C23H31ClN4O5/c24-17-2-1-3-18(14-17)27-12-10-26(11-13-27)7-4-19-15-23(21(30)33-19)5-8-28(9-6-23)20(29)16-25-22(31)32/h1-3,14,19,25H,4-13,15-16H2,(H,31,32)/t19-/m0/s1. The number of amides is 2. The molecule has 33 heavy (non-hydrogen) atoms. The maximum absolute atomic E-state index is 12.7. The number of likely N-dealkylation sites (tertiary alicyclic amines) is 1. The average molecular weight is 479 g/mol. The van der Waals surface area contributed by atoms with Crippen LogP contribution in [-0.2, 0) is 14.3 Å². The highest BCUT2D eigenvalue weighted by molar-refractivity contribution is 6.30. The van der Waals surface area contributed by atoms with Crippen molar-refractivity contribution in [2.75, 3.05) is 57.3 Å². The highest BCUT2D eigenvalue weighted by atomic mass is 35.5. The average Bonchev–Trinajstić information content (AvgIpc) is 3.11. The molecule has 3 aliphatic heterocycles. The van der Waals surface area contributed by atoms with Gasteiger partial charge in [0.05, 0.1) is 5.41 Å². The van der Waals surface area contributed by atoms with Crippen molar-refractivity contribution in [2.45, 2.75) is 31.8 Å². The summed E-state index contributed by atoms with van der Waals surface area (Å²) in [6, 6.07) is 7.94. The number of carboxylic acid groups (broad SMARTS) is 1. The van der Waals surface area contributed by atoms with Crippen LogP contribution in [0.2, 0.25) is 5.02 Å². The van der Waals surface area contributed by atoms with Gasteiger partial charge in [-0.25, -0.2) is 4.79 Å². The SMILES string of the molecule is O=C(O)NCC(=O)N1CCC2(CC1)C[C@H](CCN1CCN(c3cccc(Cl)c3)CC1)OC2=O. The molecule has 1 atom stereocenters. The largest absolute Gasteiger partial charge is 0.465 e. The van der Waals surface area contributed by atoms with Crippen molar-refractivity contribution in [3.8, 4) is 0 Å². The second-order valence-corrected chi connectivity index (χ2v) is 9.58. The molecule has 0 radical (unpaired) electrons. The number of carbonyl (C=O) groups excluding carboxylic acids is 2. The summed E-state index contributed by atoms with van der Waals surface area (Å²) in [6.07, 6.45) is 1.35. The monoisotopic (exact) mass is 478 g/mol. The molecule has 2 N–H and O–H groups in total. The predicted octanol–water partition coefficient (Wildman–Crippen LogP) is 2.04. The summed E-state index contributed by atoms with van der Waals surface area (Å²) in [5.74, 6) is -0.402. The lowest BCUT2D eigenvalue weighted by Gasteiger charge is -2.37. The smallest absolute Gasteiger partial charge is 0.405 e. The number of rotatable bonds is 6. The summed E-state index contributed by atoms with van der Waals surface area (Å²) in [7, 11) is 0. The van der Waals surface area contributed by atoms with Gasteiger partial charge in [-0.3, -0.25) is 14.5 Å². The van der Waals surface area contributed by atoms with E-state index in [0.717, 1.165) is 49.9 Å². The van der Waals surface area contributed by atoms with E-state index in [1.165, 1.54) is 0 Å². The highest BCUT2D eigenvalue weighted by Crippen LogP contribution is 2.43. The molecule has 0 saturated carbocycles. The van der Waals surface area contributed by atoms with Gasteiger partial charge in [0.1, 0.15) is 12.6 Å². The fourth-order valence-electron chi connectivity index (χ4n) is 5.08. The Morgan fingerprint density at radius 3 is 2.55 bits per heavy atom. The van der Waals surface area contributed by atoms with E-state index < -0.39 is 11.5 Å². The first-order chi connectivity index (χ1) is 15.8. The molecular formula is C23H31ClN4O5. The van der Waals surface area contributed by atoms with Crippen LogP contribution in [0.4, 0.5) is 10.5 Å². The van der Waals surface area contributed by atoms with E-state index >= 15 is 0 Å². The van der Waals surface area contributed by atoms with Gasteiger partial charge in [0.2, 0.25) is 5.91 Å². The number of hydrogen-bond donors (Lipinski definition) is 2. The van der Waals surface area contributed by atoms with Crippen LogP contribution in [0.15, 0.2) is 24.3 Å². The van der Waals surface area contributed by atoms with Gasteiger partial charge < -0.3 is 25.0 Å². The minimum atomic E-state index is -1.22. The molecule has 10 heteroatoms. The lowest BCUT2D eigenvalue weighted by molar-refractivity contribution is -0.152. The molecule has 3 heterocycles. The Bertz CT molecular complexity index is 881. The molecule has 180 valence electrons. The van der Waals surface area contributed by atoms with Crippen molar-refractivity contribution in [3.05, 3.63) is 29.3 Å². The molecule has 0 bridgehead atoms. The zero-order valence-corrected chi connectivity index (χ0v) is 19.4. The number of carbonyl (C=O) groups is 3. The van der Waals surface area contributed by atoms with Crippen LogP contribution < -0.4 is 10.2 Å². The molecule has 3 fully saturated rings. The van der Waals surface area contributed by atoms with Crippen molar-refractivity contribution >= 4 is 35.3 Å². The Kier molecular flexibility index (Phi) is 7.29. The van der Waals surface area contributed by atoms with Gasteiger partial charge in [-0.1, -0.05) is 17.7 Å². The van der Waals surface area contributed by atoms with E-state index in [-0.39, 0.29) is 24.5 Å². The molecule has 4 rings (SSSR count). The number of anilines is 1. The molecule has 1 aromatic carbocycles. The first-order valence-corrected chi connectivity index (χ1v) is 11.9. The van der Waals surface area contributed by atoms with Gasteiger partial charge in [0.25, 0.3) is 0 Å². The fourth-order valence-corrected chi connectivity index (χ4v) is 5.27. The number of benzene rings is 1. The first-order valence-electron chi connectivity index (χ1n) is 11.5. The number of piperazine rings is 1. The van der Waals surface area contributed by atoms with Gasteiger partial charge in [0, 0.05) is 62.9 Å². The fraction of sp³-hybridized carbons (Fsp3) is 0.609. The zero-order valence-electron chi connectivity index (χ0n) is 18.7. The molecule has 1 aromatic rings. The lowest BCUT2D eigenvalue weighted by atomic mass is 9.75. The summed E-state index contributed by atoms with van der Waals surface area (Å²) in [6.45, 7) is 5.36. The quantitative estimate of drug-likeness (QED) is 0.603. The molecular weight excluding hydrogens is 448 g/mol. The van der Waals surface area contributed by atoms with Crippen LogP contribution in [0.1, 0.15) is 25.7 Å². The van der Waals surface area contributed by atoms with Gasteiger partial charge in [-0.05, 0) is 37.5 Å². The molecule has 0 unspecified atom stereocenters. The second-order valence-electron chi connectivity index (χ2n) is 9.15. The minimum Gasteiger partial charge on any atom is -0.465 e. The first kappa shape index (κ1) is 23.6. The number of ether oxygens (including phenoxy) is 1. The molecule has 9 nitrogen and oxygen atoms in total. The second kappa shape index (κ2) is 10.2. The van der Waals surface area contributed by atoms with Crippen molar-refractivity contribution in [1.29, 1.82) is 0 Å². The molecule has 1 spiro atoms. The van der Waals surface area contributed by atoms with Gasteiger partial charge >= 0.3 is 12.1 Å². The van der Waals surface area contributed by atoms with Crippen LogP contribution in [0.25, 0.3) is 0 Å². The van der Waals surface area contributed by atoms with Crippen LogP contribution in [-0.4, -0.2) is 91.3 Å². The number of halogens is 1. The topological polar surface area (TPSA) is 102 Å². The van der Waals surface area contributed by atoms with Crippen LogP contribution in [0, 0.1) is 5.41 Å². The Morgan fingerprint density at radius 2 is 1.88 bits per heavy atom. The van der Waals surface area contributed by atoms with E-state index in [4.69, 9.17) is 21.4 Å². The van der Waals surface area contributed by atoms with Crippen molar-refractivity contribution in [3.63, 3.8) is 0 Å². The Morgan fingerprint density at radius 1 is 1.15 bits per heavy atom. The van der Waals surface area contributed by atoms with E-state index in [2.05, 4.69) is 21.2 Å². The van der Waals surface area contributed by atoms with Crippen LogP contribution in [0.5, 0.6) is 0 Å². The number of piperidine rings is 1. The van der Waals surface area contributed by atoms with E-state index in [9.17, 15) is 14.4 Å². The number of nitrogens with zero attached hydrogens (tertiary/aromatic N) is 3. The predicted molar refractivity (Wildman–Crippen MR) is 123 cm³/mol. The highest BCUT2D eigenvalue weighted by Gasteiger charge is 2.50. The van der Waals surface area contributed by atoms with E-state index in [0.29, 0.717) is 32.4 Å². The minimum absolute atomic E-state index is 0.0839. The van der Waals surface area contributed by atoms with Crippen LogP contribution in [0.3, 0.4) is 0 Å². The summed E-state index contributed by atoms with van der Waals surface area (Å²) in [5, 5.41) is 11.5. The maximum atomic E-state index is 12.7. The summed E-state index contributed by atoms with van der Waals surface area (Å²) in [5.41, 5.74) is 0.643. The van der Waals surface area contributed by atoms with E-state index in [1.54, 1.807) is 4.90 Å². The van der Waals surface area contributed by atoms with E-state index in [1.807, 2.05) is 18.2 Å². The molecule has 3 aliphatic rings. The Balaban J connectivity index is 1.20. The summed E-state index contributed by atoms with van der Waals surface area (Å²) >= 11 is 6.12. The summed E-state index contributed by atoms with van der Waals surface area (Å²) in [4.78, 5) is 41.8. The van der Waals surface area contributed by atoms with Crippen molar-refractivity contribution in [2.24, 2.45) is 5.41 Å². The van der Waals surface area contributed by atoms with Crippen molar-refractivity contribution in [1.82, 2.24) is 15.1 Å². The van der Waals surface area contributed by atoms with Crippen molar-refractivity contribution < 1.29 is 24.2 Å². The normalized spacial score (nSPS) is 22.9. The Hall–Kier alpha value is -2.52. The third-order valence-corrected chi connectivity index (χ3v) is 7.34. The molecule has 3 saturated heterocycles. The molecule has 0 aliphatic carbocycles. The third-order valence-electron chi connectivity index (χ3n) is 7.10. The zero-order chi connectivity index (χ0) is 23.4. The maximum Gasteiger partial charge on any atom is 0.405 e. The lowest BCUT2D eigenvalue weighted by Crippen LogP contribution is -2.48. The molecule has 2 amide bonds. The number of cyclic esters (lactones) is 1. The van der Waals surface area contributed by atoms with Gasteiger partial charge in [0.15, 0.2) is 0 Å². The Labute approximate surface area is 198 Å². The van der Waals surface area contributed by atoms with Crippen LogP contribution >= 0.6 is 11.6 Å². The van der Waals surface area contributed by atoms with Gasteiger partial charge in [-0.2, -0.15) is 0 Å². The number of hydrogen-bond acceptors (Lipinski definition) is 6. The summed E-state index contributed by atoms with van der Waals surface area (Å²) < 4.78 is 5.74. The molecule has 0 aromatic heterocycles. The number of esters is 1.